The van der Waals surface area contributed by atoms with Gasteiger partial charge < -0.3 is 5.73 Å². The fourth-order valence-corrected chi connectivity index (χ4v) is 2.64. The molecule has 3 aliphatic carbocycles. The number of nitrogens with two attached hydrogens (primary N) is 1. The molecule has 3 rings (SSSR count). The van der Waals surface area contributed by atoms with Crippen LogP contribution in [0, 0.1) is 5.41 Å². The molecule has 0 radical (unpaired) electrons. The van der Waals surface area contributed by atoms with Crippen LogP contribution in [0.2, 0.25) is 0 Å². The molecule has 0 aromatic rings. The normalized spacial score (nSPS) is 42.0. The van der Waals surface area contributed by atoms with Crippen LogP contribution in [0.25, 0.3) is 0 Å². The van der Waals surface area contributed by atoms with Crippen LogP contribution in [0.5, 0.6) is 0 Å². The second-order valence-corrected chi connectivity index (χ2v) is 4.64. The summed E-state index contributed by atoms with van der Waals surface area (Å²) in [4.78, 5) is 0. The molecule has 0 spiro atoms. The van der Waals surface area contributed by atoms with Crippen molar-refractivity contribution in [3.63, 3.8) is 0 Å². The topological polar surface area (TPSA) is 26.0 Å². The van der Waals surface area contributed by atoms with Gasteiger partial charge in [-0.3, -0.25) is 0 Å². The second kappa shape index (κ2) is 3.27. The summed E-state index contributed by atoms with van der Waals surface area (Å²) in [6.07, 6.45) is -1.65. The van der Waals surface area contributed by atoms with Gasteiger partial charge in [-0.05, 0) is 38.5 Å². The van der Waals surface area contributed by atoms with Crippen molar-refractivity contribution in [2.45, 2.75) is 50.2 Å². The number of alkyl halides is 3. The Bertz CT molecular complexity index is 202. The lowest BCUT2D eigenvalue weighted by atomic mass is 9.57. The molecule has 0 aliphatic heterocycles. The highest BCUT2D eigenvalue weighted by atomic mass is 35.5. The first kappa shape index (κ1) is 12.1. The predicted molar refractivity (Wildman–Crippen MR) is 50.4 cm³/mol. The summed E-state index contributed by atoms with van der Waals surface area (Å²) in [6.45, 7) is 0. The summed E-state index contributed by atoms with van der Waals surface area (Å²) < 4.78 is 38.1. The van der Waals surface area contributed by atoms with Gasteiger partial charge in [-0.1, -0.05) is 0 Å². The largest absolute Gasteiger partial charge is 0.394 e. The minimum atomic E-state index is -4.02. The molecule has 84 valence electrons. The molecule has 14 heavy (non-hydrogen) atoms. The molecule has 2 N–H and O–H groups in total. The van der Waals surface area contributed by atoms with Crippen molar-refractivity contribution in [1.29, 1.82) is 0 Å². The summed E-state index contributed by atoms with van der Waals surface area (Å²) >= 11 is 0. The summed E-state index contributed by atoms with van der Waals surface area (Å²) in [5, 5.41) is 0. The third-order valence-corrected chi connectivity index (χ3v) is 3.91. The lowest BCUT2D eigenvalue weighted by Crippen LogP contribution is -2.56. The van der Waals surface area contributed by atoms with Gasteiger partial charge in [-0.15, -0.1) is 12.4 Å². The first-order chi connectivity index (χ1) is 5.87. The fraction of sp³-hybridized carbons (Fsp3) is 1.00. The number of halogens is 4. The van der Waals surface area contributed by atoms with Crippen molar-refractivity contribution in [3.05, 3.63) is 0 Å². The molecule has 3 saturated carbocycles. The van der Waals surface area contributed by atoms with Gasteiger partial charge in [0.15, 0.2) is 0 Å². The highest BCUT2D eigenvalue weighted by molar-refractivity contribution is 5.85. The summed E-state index contributed by atoms with van der Waals surface area (Å²) in [7, 11) is 0. The van der Waals surface area contributed by atoms with E-state index in [0.717, 1.165) is 0 Å². The van der Waals surface area contributed by atoms with Crippen LogP contribution in [-0.2, 0) is 0 Å². The lowest BCUT2D eigenvalue weighted by molar-refractivity contribution is -0.252. The van der Waals surface area contributed by atoms with Gasteiger partial charge in [-0.2, -0.15) is 13.2 Å². The highest BCUT2D eigenvalue weighted by Gasteiger charge is 2.60. The maximum absolute atomic E-state index is 12.7. The van der Waals surface area contributed by atoms with Crippen LogP contribution in [-0.4, -0.2) is 11.7 Å². The maximum atomic E-state index is 12.7. The minimum absolute atomic E-state index is 0. The third kappa shape index (κ3) is 1.63. The molecule has 1 nitrogen and oxygen atoms in total. The molecular weight excluding hydrogens is 215 g/mol. The van der Waals surface area contributed by atoms with E-state index in [1.54, 1.807) is 0 Å². The number of rotatable bonds is 0. The van der Waals surface area contributed by atoms with Gasteiger partial charge in [0, 0.05) is 5.54 Å². The van der Waals surface area contributed by atoms with Gasteiger partial charge in [0.25, 0.3) is 0 Å². The van der Waals surface area contributed by atoms with Crippen LogP contribution in [0.15, 0.2) is 0 Å². The first-order valence-electron chi connectivity index (χ1n) is 4.73. The quantitative estimate of drug-likeness (QED) is 0.679. The van der Waals surface area contributed by atoms with E-state index in [9.17, 15) is 13.2 Å². The van der Waals surface area contributed by atoms with Gasteiger partial charge in [0.1, 0.15) is 0 Å². The van der Waals surface area contributed by atoms with Gasteiger partial charge in [0.05, 0.1) is 5.41 Å². The molecule has 0 saturated heterocycles. The molecule has 0 unspecified atom stereocenters. The molecule has 0 amide bonds. The zero-order valence-electron chi connectivity index (χ0n) is 7.86. The third-order valence-electron chi connectivity index (χ3n) is 3.91. The van der Waals surface area contributed by atoms with E-state index in [1.165, 1.54) is 0 Å². The zero-order valence-corrected chi connectivity index (χ0v) is 8.68. The Balaban J connectivity index is 0.000000980. The van der Waals surface area contributed by atoms with E-state index in [0.29, 0.717) is 19.3 Å². The van der Waals surface area contributed by atoms with Gasteiger partial charge in [-0.25, -0.2) is 0 Å². The van der Waals surface area contributed by atoms with Crippen LogP contribution in [0.3, 0.4) is 0 Å². The van der Waals surface area contributed by atoms with E-state index in [2.05, 4.69) is 0 Å². The van der Waals surface area contributed by atoms with Crippen molar-refractivity contribution in [2.75, 3.05) is 0 Å². The lowest BCUT2D eigenvalue weighted by Gasteiger charge is -2.52. The SMILES string of the molecule is Cl.NC12CCC(C(F)(F)F)(CC1)CC2. The minimum Gasteiger partial charge on any atom is -0.325 e. The highest BCUT2D eigenvalue weighted by Crippen LogP contribution is 2.58. The zero-order chi connectivity index (χ0) is 9.74. The van der Waals surface area contributed by atoms with Crippen LogP contribution >= 0.6 is 12.4 Å². The smallest absolute Gasteiger partial charge is 0.325 e. The summed E-state index contributed by atoms with van der Waals surface area (Å²) in [6, 6.07) is 0. The number of hydrogen-bond acceptors (Lipinski definition) is 1. The molecule has 3 fully saturated rings. The molecular formula is C9H15ClF3N. The van der Waals surface area contributed by atoms with Crippen molar-refractivity contribution in [1.82, 2.24) is 0 Å². The van der Waals surface area contributed by atoms with Gasteiger partial charge in [0.2, 0.25) is 0 Å². The monoisotopic (exact) mass is 229 g/mol. The average Bonchev–Trinajstić information content (AvgIpc) is 2.04. The molecule has 2 bridgehead atoms. The maximum Gasteiger partial charge on any atom is 0.394 e. The van der Waals surface area contributed by atoms with Crippen molar-refractivity contribution in [3.8, 4) is 0 Å². The van der Waals surface area contributed by atoms with Crippen LogP contribution in [0.4, 0.5) is 13.2 Å². The average molecular weight is 230 g/mol. The van der Waals surface area contributed by atoms with E-state index in [-0.39, 0.29) is 37.2 Å². The number of hydrogen-bond donors (Lipinski definition) is 1. The Morgan fingerprint density at radius 2 is 1.21 bits per heavy atom. The van der Waals surface area contributed by atoms with Crippen molar-refractivity contribution >= 4 is 12.4 Å². The van der Waals surface area contributed by atoms with Gasteiger partial charge >= 0.3 is 6.18 Å². The molecule has 3 aliphatic rings. The number of fused-ring (bicyclic) bond motifs is 3. The molecule has 5 heteroatoms. The van der Waals surface area contributed by atoms with E-state index in [1.807, 2.05) is 0 Å². The van der Waals surface area contributed by atoms with E-state index >= 15 is 0 Å². The Morgan fingerprint density at radius 3 is 1.50 bits per heavy atom. The van der Waals surface area contributed by atoms with E-state index < -0.39 is 11.6 Å². The van der Waals surface area contributed by atoms with Crippen molar-refractivity contribution in [2.24, 2.45) is 11.1 Å². The standard InChI is InChI=1S/C9H14F3N.ClH/c10-9(11,12)7-1-4-8(13,5-2-7)6-3-7;/h1-6,13H2;1H. The molecule has 0 aromatic heterocycles. The first-order valence-corrected chi connectivity index (χ1v) is 4.73. The molecule has 0 atom stereocenters. The Labute approximate surface area is 87.6 Å². The Kier molecular flexibility index (Phi) is 2.83. The van der Waals surface area contributed by atoms with Crippen LogP contribution < -0.4 is 5.73 Å². The predicted octanol–water partition coefficient (Wildman–Crippen LogP) is 3.02. The summed E-state index contributed by atoms with van der Waals surface area (Å²) in [5.41, 5.74) is 4.28. The molecule has 0 aromatic carbocycles. The Hall–Kier alpha value is 0.0400. The second-order valence-electron chi connectivity index (χ2n) is 4.64. The summed E-state index contributed by atoms with van der Waals surface area (Å²) in [5.74, 6) is 0. The molecule has 0 heterocycles. The Morgan fingerprint density at radius 1 is 0.857 bits per heavy atom. The van der Waals surface area contributed by atoms with Crippen molar-refractivity contribution < 1.29 is 13.2 Å². The fourth-order valence-electron chi connectivity index (χ4n) is 2.64. The van der Waals surface area contributed by atoms with Crippen LogP contribution in [0.1, 0.15) is 38.5 Å². The van der Waals surface area contributed by atoms with E-state index in [4.69, 9.17) is 5.73 Å².